The lowest BCUT2D eigenvalue weighted by Crippen LogP contribution is -2.41. The van der Waals surface area contributed by atoms with E-state index in [-0.39, 0.29) is 23.6 Å². The number of amides is 4. The second-order valence-electron chi connectivity index (χ2n) is 15.1. The summed E-state index contributed by atoms with van der Waals surface area (Å²) in [7, 11) is 0. The van der Waals surface area contributed by atoms with Crippen LogP contribution in [-0.2, 0) is 9.47 Å². The van der Waals surface area contributed by atoms with Gasteiger partial charge in [0.15, 0.2) is 0 Å². The van der Waals surface area contributed by atoms with Crippen LogP contribution in [0.2, 0.25) is 0 Å². The average Bonchev–Trinajstić information content (AvgIpc) is 3.19. The highest BCUT2D eigenvalue weighted by atomic mass is 16.5. The minimum absolute atomic E-state index is 0.285. The van der Waals surface area contributed by atoms with Crippen molar-refractivity contribution in [1.29, 1.82) is 0 Å². The first kappa shape index (κ1) is 37.9. The summed E-state index contributed by atoms with van der Waals surface area (Å²) >= 11 is 0. The molecule has 8 nitrogen and oxygen atoms in total. The maximum atomic E-state index is 13.9. The van der Waals surface area contributed by atoms with Crippen molar-refractivity contribution in [2.24, 2.45) is 0 Å². The average molecular weight is 731 g/mol. The molecule has 0 saturated heterocycles. The number of benzene rings is 5. The van der Waals surface area contributed by atoms with Gasteiger partial charge in [0.25, 0.3) is 23.6 Å². The summed E-state index contributed by atoms with van der Waals surface area (Å²) in [4.78, 5) is 58.2. The van der Waals surface area contributed by atoms with E-state index in [9.17, 15) is 19.2 Å². The first-order chi connectivity index (χ1) is 26.5. The Morgan fingerprint density at radius 2 is 0.667 bits per heavy atom. The lowest BCUT2D eigenvalue weighted by Gasteiger charge is -2.30. The Bertz CT molecular complexity index is 1900. The Morgan fingerprint density at radius 1 is 0.370 bits per heavy atom. The fourth-order valence-corrected chi connectivity index (χ4v) is 8.60. The number of ether oxygens (including phenoxy) is 2. The van der Waals surface area contributed by atoms with Crippen molar-refractivity contribution in [2.75, 3.05) is 39.5 Å². The van der Waals surface area contributed by atoms with Crippen LogP contribution in [0.15, 0.2) is 48.5 Å². The van der Waals surface area contributed by atoms with Crippen LogP contribution in [0.5, 0.6) is 0 Å². The van der Waals surface area contributed by atoms with Crippen molar-refractivity contribution >= 4 is 66.7 Å². The molecule has 0 aliphatic carbocycles. The van der Waals surface area contributed by atoms with Gasteiger partial charge >= 0.3 is 0 Å². The highest BCUT2D eigenvalue weighted by Crippen LogP contribution is 2.46. The van der Waals surface area contributed by atoms with E-state index in [0.717, 1.165) is 45.2 Å². The molecule has 5 aromatic rings. The topological polar surface area (TPSA) is 93.2 Å². The van der Waals surface area contributed by atoms with Crippen molar-refractivity contribution in [1.82, 2.24) is 9.80 Å². The van der Waals surface area contributed by atoms with Gasteiger partial charge in [0.05, 0.1) is 0 Å². The summed E-state index contributed by atoms with van der Waals surface area (Å²) in [5.74, 6) is -1.14. The molecule has 0 aromatic heterocycles. The van der Waals surface area contributed by atoms with Crippen LogP contribution in [0.25, 0.3) is 43.1 Å². The molecule has 4 amide bonds. The van der Waals surface area contributed by atoms with Gasteiger partial charge in [0.2, 0.25) is 0 Å². The van der Waals surface area contributed by atoms with Crippen LogP contribution in [0, 0.1) is 0 Å². The second kappa shape index (κ2) is 17.4. The minimum Gasteiger partial charge on any atom is -0.381 e. The van der Waals surface area contributed by atoms with Crippen molar-refractivity contribution in [3.63, 3.8) is 0 Å². The number of hydrogen-bond acceptors (Lipinski definition) is 6. The van der Waals surface area contributed by atoms with Crippen LogP contribution in [0.3, 0.4) is 0 Å². The predicted octanol–water partition coefficient (Wildman–Crippen LogP) is 10.5. The molecule has 2 aliphatic rings. The molecule has 0 fully saturated rings. The largest absolute Gasteiger partial charge is 0.381 e. The Labute approximate surface area is 318 Å². The lowest BCUT2D eigenvalue weighted by atomic mass is 9.82. The van der Waals surface area contributed by atoms with Gasteiger partial charge in [0.1, 0.15) is 0 Å². The molecular formula is C46H54N2O6. The van der Waals surface area contributed by atoms with Gasteiger partial charge in [-0.1, -0.05) is 102 Å². The summed E-state index contributed by atoms with van der Waals surface area (Å²) in [6.45, 7) is 7.46. The fourth-order valence-electron chi connectivity index (χ4n) is 8.60. The van der Waals surface area contributed by atoms with E-state index in [2.05, 4.69) is 13.8 Å². The van der Waals surface area contributed by atoms with Gasteiger partial charge in [-0.2, -0.15) is 0 Å². The predicted molar refractivity (Wildman–Crippen MR) is 216 cm³/mol. The van der Waals surface area contributed by atoms with E-state index >= 15 is 0 Å². The van der Waals surface area contributed by atoms with E-state index in [1.807, 2.05) is 48.5 Å². The van der Waals surface area contributed by atoms with Gasteiger partial charge in [-0.3, -0.25) is 29.0 Å². The monoisotopic (exact) mass is 730 g/mol. The molecule has 284 valence electrons. The van der Waals surface area contributed by atoms with Crippen molar-refractivity contribution in [2.45, 2.75) is 104 Å². The quantitative estimate of drug-likeness (QED) is 0.0305. The van der Waals surface area contributed by atoms with Crippen LogP contribution < -0.4 is 0 Å². The Morgan fingerprint density at radius 3 is 1.00 bits per heavy atom. The standard InChI is InChI=1S/C46H54N2O6/c1-3-5-7-9-11-13-27-53-29-15-25-47-43(49)35-21-17-31-33-19-23-37-42-38(24-20-34(40(33)42)32-18-22-36(44(47)50)41(35)39(31)32)46(52)48(45(37)51)26-16-30-54-28-14-12-10-8-6-4-2/h17-24H,3-16,25-30H2,1-2H3. The fraction of sp³-hybridized carbons (Fsp3) is 0.478. The molecule has 2 aliphatic heterocycles. The third kappa shape index (κ3) is 7.23. The number of hydrogen-bond donors (Lipinski definition) is 0. The number of imide groups is 2. The van der Waals surface area contributed by atoms with E-state index < -0.39 is 0 Å². The van der Waals surface area contributed by atoms with Gasteiger partial charge in [-0.25, -0.2) is 0 Å². The van der Waals surface area contributed by atoms with E-state index in [1.165, 1.54) is 74.0 Å². The molecule has 0 atom stereocenters. The molecule has 7 rings (SSSR count). The molecule has 8 heteroatoms. The summed E-state index contributed by atoms with van der Waals surface area (Å²) in [6.07, 6.45) is 15.6. The normalized spacial score (nSPS) is 14.3. The second-order valence-corrected chi connectivity index (χ2v) is 15.1. The van der Waals surface area contributed by atoms with Crippen molar-refractivity contribution < 1.29 is 28.7 Å². The molecule has 54 heavy (non-hydrogen) atoms. The molecule has 5 aromatic carbocycles. The smallest absolute Gasteiger partial charge is 0.261 e. The molecule has 0 radical (unpaired) electrons. The van der Waals surface area contributed by atoms with Gasteiger partial charge in [-0.05, 0) is 82.3 Å². The Kier molecular flexibility index (Phi) is 12.2. The molecule has 0 bridgehead atoms. The Balaban J connectivity index is 1.08. The molecular weight excluding hydrogens is 677 g/mol. The van der Waals surface area contributed by atoms with Crippen LogP contribution in [-0.4, -0.2) is 72.9 Å². The molecule has 2 heterocycles. The van der Waals surface area contributed by atoms with Crippen molar-refractivity contribution in [3.05, 3.63) is 70.8 Å². The molecule has 0 saturated carbocycles. The zero-order chi connectivity index (χ0) is 37.6. The number of carbonyl (C=O) groups is 4. The summed E-state index contributed by atoms with van der Waals surface area (Å²) in [5.41, 5.74) is 2.07. The number of rotatable bonds is 22. The van der Waals surface area contributed by atoms with Crippen LogP contribution in [0.4, 0.5) is 0 Å². The highest BCUT2D eigenvalue weighted by molar-refractivity contribution is 6.41. The van der Waals surface area contributed by atoms with Gasteiger partial charge in [-0.15, -0.1) is 0 Å². The number of carbonyl (C=O) groups excluding carboxylic acids is 4. The Hall–Kier alpha value is -4.40. The number of nitrogens with zero attached hydrogens (tertiary/aromatic N) is 2. The van der Waals surface area contributed by atoms with Crippen LogP contribution in [0.1, 0.15) is 145 Å². The van der Waals surface area contributed by atoms with Crippen molar-refractivity contribution in [3.8, 4) is 0 Å². The SMILES string of the molecule is CCCCCCCCOCCCN1C(=O)c2ccc3c4ccc5c6c(ccc(c7ccc(c2c37)C1=O)c64)C(=O)N(CCCOCCCCCCCC)C5=O. The maximum absolute atomic E-state index is 13.9. The maximum Gasteiger partial charge on any atom is 0.261 e. The minimum atomic E-state index is -0.285. The molecule has 0 spiro atoms. The summed E-state index contributed by atoms with van der Waals surface area (Å²) in [6, 6.07) is 15.1. The summed E-state index contributed by atoms with van der Waals surface area (Å²) in [5, 5.41) is 6.64. The zero-order valence-corrected chi connectivity index (χ0v) is 32.1. The third-order valence-electron chi connectivity index (χ3n) is 11.4. The van der Waals surface area contributed by atoms with E-state index in [4.69, 9.17) is 9.47 Å². The first-order valence-electron chi connectivity index (χ1n) is 20.6. The number of unbranched alkanes of at least 4 members (excludes halogenated alkanes) is 10. The van der Waals surface area contributed by atoms with E-state index in [1.54, 1.807) is 0 Å². The molecule has 0 unspecified atom stereocenters. The highest BCUT2D eigenvalue weighted by Gasteiger charge is 2.36. The van der Waals surface area contributed by atoms with Crippen LogP contribution >= 0.6 is 0 Å². The first-order valence-corrected chi connectivity index (χ1v) is 20.6. The van der Waals surface area contributed by atoms with Gasteiger partial charge in [0, 0.05) is 72.5 Å². The lowest BCUT2D eigenvalue weighted by molar-refractivity contribution is 0.0566. The van der Waals surface area contributed by atoms with Gasteiger partial charge < -0.3 is 9.47 Å². The van der Waals surface area contributed by atoms with E-state index in [0.29, 0.717) is 85.4 Å². The summed E-state index contributed by atoms with van der Waals surface area (Å²) < 4.78 is 11.7. The third-order valence-corrected chi connectivity index (χ3v) is 11.4. The number of fused-ring (bicyclic) bond motifs is 2. The molecule has 0 N–H and O–H groups in total. The zero-order valence-electron chi connectivity index (χ0n) is 32.1.